The lowest BCUT2D eigenvalue weighted by molar-refractivity contribution is -0.141. The maximum Gasteiger partial charge on any atom is 0.433 e. The van der Waals surface area contributed by atoms with Crippen molar-refractivity contribution in [3.63, 3.8) is 0 Å². The monoisotopic (exact) mass is 567 g/mol. The number of oxime groups is 1. The zero-order valence-electron chi connectivity index (χ0n) is 19.7. The first-order chi connectivity index (χ1) is 18.2. The van der Waals surface area contributed by atoms with Crippen LogP contribution in [0, 0.1) is 0 Å². The highest BCUT2D eigenvalue weighted by Crippen LogP contribution is 2.39. The molecule has 0 saturated carbocycles. The number of piperidine rings is 1. The molecule has 14 heteroatoms. The lowest BCUT2D eigenvalue weighted by Crippen LogP contribution is -2.40. The van der Waals surface area contributed by atoms with Crippen LogP contribution in [0.1, 0.15) is 53.2 Å². The lowest BCUT2D eigenvalue weighted by Gasteiger charge is -2.31. The first kappa shape index (κ1) is 26.2. The second-order valence-corrected chi connectivity index (χ2v) is 10.0. The number of benzene rings is 1. The molecule has 0 spiro atoms. The van der Waals surface area contributed by atoms with E-state index in [1.807, 2.05) is 5.38 Å². The van der Waals surface area contributed by atoms with Crippen molar-refractivity contribution < 1.29 is 32.6 Å². The van der Waals surface area contributed by atoms with Crippen LogP contribution in [0.3, 0.4) is 0 Å². The molecule has 2 aromatic heterocycles. The Balaban J connectivity index is 1.13. The maximum absolute atomic E-state index is 12.8. The fourth-order valence-electron chi connectivity index (χ4n) is 4.30. The number of phenols is 1. The third-order valence-electron chi connectivity index (χ3n) is 6.28. The summed E-state index contributed by atoms with van der Waals surface area (Å²) in [6, 6.07) is 5.12. The van der Waals surface area contributed by atoms with E-state index in [2.05, 4.69) is 15.1 Å². The van der Waals surface area contributed by atoms with Gasteiger partial charge in [0.25, 0.3) is 5.91 Å². The Morgan fingerprint density at radius 1 is 1.24 bits per heavy atom. The van der Waals surface area contributed by atoms with E-state index >= 15 is 0 Å². The number of carbonyl (C=O) groups excluding carboxylic acids is 1. The van der Waals surface area contributed by atoms with Crippen LogP contribution in [0.25, 0.3) is 0 Å². The van der Waals surface area contributed by atoms with Crippen LogP contribution >= 0.6 is 22.9 Å². The number of nitrogens with zero attached hydrogens (tertiary/aromatic N) is 5. The number of likely N-dealkylation sites (tertiary alicyclic amines) is 1. The van der Waals surface area contributed by atoms with Gasteiger partial charge in [0.1, 0.15) is 11.5 Å². The first-order valence-electron chi connectivity index (χ1n) is 11.7. The molecular formula is C24H21ClF3N5O4S. The zero-order chi connectivity index (χ0) is 26.9. The molecule has 38 heavy (non-hydrogen) atoms. The topological polar surface area (TPSA) is 110 Å². The van der Waals surface area contributed by atoms with E-state index in [4.69, 9.17) is 26.2 Å². The molecule has 9 nitrogen and oxygen atoms in total. The Labute approximate surface area is 223 Å². The Bertz CT molecular complexity index is 1340. The Hall–Kier alpha value is -3.45. The fraction of sp³-hybridized carbons (Fsp3) is 0.375. The Morgan fingerprint density at radius 3 is 2.76 bits per heavy atom. The number of aromatic nitrogens is 3. The van der Waals surface area contributed by atoms with Crippen LogP contribution in [0.2, 0.25) is 5.02 Å². The van der Waals surface area contributed by atoms with Crippen molar-refractivity contribution in [1.82, 2.24) is 19.9 Å². The number of halogens is 4. The molecule has 1 amide bonds. The van der Waals surface area contributed by atoms with Crippen molar-refractivity contribution in [2.75, 3.05) is 19.7 Å². The van der Waals surface area contributed by atoms with Gasteiger partial charge in [0.2, 0.25) is 0 Å². The van der Waals surface area contributed by atoms with Gasteiger partial charge in [-0.25, -0.2) is 9.97 Å². The van der Waals surface area contributed by atoms with Crippen molar-refractivity contribution in [1.29, 1.82) is 0 Å². The molecule has 3 aromatic rings. The van der Waals surface area contributed by atoms with E-state index in [0.717, 1.165) is 17.3 Å². The lowest BCUT2D eigenvalue weighted by atomic mass is 9.97. The van der Waals surface area contributed by atoms with E-state index in [0.29, 0.717) is 54.3 Å². The molecule has 5 rings (SSSR count). The van der Waals surface area contributed by atoms with Crippen LogP contribution in [-0.4, -0.2) is 56.3 Å². The summed E-state index contributed by atoms with van der Waals surface area (Å²) in [5, 5.41) is 17.6. The highest BCUT2D eigenvalue weighted by atomic mass is 35.5. The summed E-state index contributed by atoms with van der Waals surface area (Å²) in [7, 11) is 0. The van der Waals surface area contributed by atoms with Gasteiger partial charge in [-0.15, -0.1) is 11.3 Å². The van der Waals surface area contributed by atoms with E-state index in [-0.39, 0.29) is 17.6 Å². The van der Waals surface area contributed by atoms with Crippen molar-refractivity contribution >= 4 is 34.6 Å². The Kier molecular flexibility index (Phi) is 7.39. The number of hydrogen-bond donors (Lipinski definition) is 1. The summed E-state index contributed by atoms with van der Waals surface area (Å²) < 4.78 is 43.5. The quantitative estimate of drug-likeness (QED) is 0.448. The third kappa shape index (κ3) is 5.68. The number of amides is 1. The predicted octanol–water partition coefficient (Wildman–Crippen LogP) is 4.96. The highest BCUT2D eigenvalue weighted by Gasteiger charge is 2.34. The van der Waals surface area contributed by atoms with Gasteiger partial charge in [0.05, 0.1) is 21.3 Å². The summed E-state index contributed by atoms with van der Waals surface area (Å²) in [4.78, 5) is 31.3. The highest BCUT2D eigenvalue weighted by molar-refractivity contribution is 7.10. The molecule has 1 saturated heterocycles. The summed E-state index contributed by atoms with van der Waals surface area (Å²) >= 11 is 7.74. The molecule has 0 radical (unpaired) electrons. The number of aromatic hydroxyl groups is 1. The third-order valence-corrected chi connectivity index (χ3v) is 7.62. The smallest absolute Gasteiger partial charge is 0.433 e. The molecule has 1 atom stereocenters. The Morgan fingerprint density at radius 2 is 2.03 bits per heavy atom. The minimum absolute atomic E-state index is 0.0481. The molecule has 1 fully saturated rings. The van der Waals surface area contributed by atoms with Crippen molar-refractivity contribution in [2.45, 2.75) is 37.5 Å². The number of phenolic OH excluding ortho intramolecular Hbond substituents is 1. The molecule has 1 unspecified atom stereocenters. The first-order valence-corrected chi connectivity index (χ1v) is 12.9. The molecule has 0 bridgehead atoms. The maximum atomic E-state index is 12.8. The number of thiazole rings is 1. The van der Waals surface area contributed by atoms with Gasteiger partial charge in [-0.1, -0.05) is 22.8 Å². The normalized spacial score (nSPS) is 18.3. The number of ether oxygens (including phenoxy) is 1. The van der Waals surface area contributed by atoms with Crippen LogP contribution in [-0.2, 0) is 15.8 Å². The summed E-state index contributed by atoms with van der Waals surface area (Å²) in [5.74, 6) is -0.153. The van der Waals surface area contributed by atoms with Gasteiger partial charge < -0.3 is 19.6 Å². The molecule has 1 N–H and O–H groups in total. The van der Waals surface area contributed by atoms with Gasteiger partial charge >= 0.3 is 12.2 Å². The molecular weight excluding hydrogens is 547 g/mol. The van der Waals surface area contributed by atoms with Gasteiger partial charge in [-0.05, 0) is 31.0 Å². The van der Waals surface area contributed by atoms with Gasteiger partial charge in [0, 0.05) is 37.0 Å². The second kappa shape index (κ2) is 10.7. The number of carbonyl (C=O) groups is 1. The number of hydrogen-bond acceptors (Lipinski definition) is 9. The van der Waals surface area contributed by atoms with E-state index in [9.17, 15) is 23.1 Å². The molecule has 2 aliphatic rings. The summed E-state index contributed by atoms with van der Waals surface area (Å²) in [6.45, 7) is 0.474. The average molecular weight is 568 g/mol. The van der Waals surface area contributed by atoms with Crippen LogP contribution < -0.4 is 4.74 Å². The van der Waals surface area contributed by atoms with Gasteiger partial charge in [-0.2, -0.15) is 18.2 Å². The fourth-order valence-corrected chi connectivity index (χ4v) is 5.59. The minimum Gasteiger partial charge on any atom is -0.507 e. The molecule has 4 heterocycles. The zero-order valence-corrected chi connectivity index (χ0v) is 21.3. The van der Waals surface area contributed by atoms with E-state index in [1.54, 1.807) is 23.1 Å². The van der Waals surface area contributed by atoms with Gasteiger partial charge in [-0.3, -0.25) is 4.79 Å². The number of rotatable bonds is 6. The molecule has 2 aliphatic heterocycles. The molecule has 200 valence electrons. The van der Waals surface area contributed by atoms with Gasteiger partial charge in [0.15, 0.2) is 18.4 Å². The van der Waals surface area contributed by atoms with Crippen LogP contribution in [0.4, 0.5) is 13.2 Å². The summed E-state index contributed by atoms with van der Waals surface area (Å²) in [5.41, 5.74) is 0.723. The van der Waals surface area contributed by atoms with Crippen molar-refractivity contribution in [3.05, 3.63) is 62.8 Å². The number of alkyl halides is 3. The summed E-state index contributed by atoms with van der Waals surface area (Å²) in [6.07, 6.45) is -2.41. The standard InChI is InChI=1S/C24H21ClF3N5O4S/c25-14-2-1-3-17(34)21(14)18-10-15(32-37-18)16-12-38-22(30-16)13-5-8-33(9-6-13)20(35)11-36-23-29-7-4-19(31-23)24(26,27)28/h1-4,7,12-13,18,34H,5-6,8-11H2. The minimum atomic E-state index is -4.62. The largest absolute Gasteiger partial charge is 0.507 e. The van der Waals surface area contributed by atoms with Crippen molar-refractivity contribution in [2.24, 2.45) is 5.16 Å². The average Bonchev–Trinajstić information content (AvgIpc) is 3.57. The predicted molar refractivity (Wildman–Crippen MR) is 131 cm³/mol. The van der Waals surface area contributed by atoms with E-state index in [1.165, 1.54) is 11.3 Å². The van der Waals surface area contributed by atoms with Crippen molar-refractivity contribution in [3.8, 4) is 11.8 Å². The SMILES string of the molecule is O=C(COc1nccc(C(F)(F)F)n1)N1CCC(c2nc(C3=NOC(c4c(O)cccc4Cl)C3)cs2)CC1. The van der Waals surface area contributed by atoms with E-state index < -0.39 is 30.6 Å². The second-order valence-electron chi connectivity index (χ2n) is 8.75. The van der Waals surface area contributed by atoms with Crippen LogP contribution in [0.15, 0.2) is 41.0 Å². The van der Waals surface area contributed by atoms with Crippen LogP contribution in [0.5, 0.6) is 11.8 Å². The molecule has 1 aromatic carbocycles. The molecule has 0 aliphatic carbocycles.